The molecular weight excluding hydrogens is 380 g/mol. The summed E-state index contributed by atoms with van der Waals surface area (Å²) in [5.74, 6) is 0. The van der Waals surface area contributed by atoms with E-state index in [4.69, 9.17) is 0 Å². The maximum atomic E-state index is 12.6. The van der Waals surface area contributed by atoms with Crippen molar-refractivity contribution in [3.63, 3.8) is 0 Å². The average Bonchev–Trinajstić information content (AvgIpc) is 3.02. The van der Waals surface area contributed by atoms with E-state index < -0.39 is 0 Å². The fraction of sp³-hybridized carbons (Fsp3) is 0.474. The highest BCUT2D eigenvalue weighted by Gasteiger charge is 2.45. The number of hydrogen-bond donors (Lipinski definition) is 1. The molecule has 0 radical (unpaired) electrons. The zero-order valence-corrected chi connectivity index (χ0v) is 16.0. The van der Waals surface area contributed by atoms with Gasteiger partial charge in [0.2, 0.25) is 0 Å². The van der Waals surface area contributed by atoms with Crippen molar-refractivity contribution < 1.29 is 4.79 Å². The van der Waals surface area contributed by atoms with Gasteiger partial charge in [-0.1, -0.05) is 34.1 Å². The molecule has 2 heterocycles. The minimum atomic E-state index is 0.0460. The number of hydrogen-bond acceptors (Lipinski definition) is 2. The van der Waals surface area contributed by atoms with Gasteiger partial charge in [-0.3, -0.25) is 4.68 Å². The molecule has 2 amide bonds. The third-order valence-corrected chi connectivity index (χ3v) is 6.12. The molecule has 1 aliphatic heterocycles. The molecule has 1 atom stereocenters. The third-order valence-electron chi connectivity index (χ3n) is 5.43. The molecule has 5 nitrogen and oxygen atoms in total. The van der Waals surface area contributed by atoms with Gasteiger partial charge >= 0.3 is 6.03 Å². The highest BCUT2D eigenvalue weighted by molar-refractivity contribution is 9.10. The molecule has 1 aliphatic carbocycles. The van der Waals surface area contributed by atoms with Gasteiger partial charge in [-0.25, -0.2) is 4.79 Å². The van der Waals surface area contributed by atoms with Gasteiger partial charge in [0.1, 0.15) is 0 Å². The first-order valence-corrected chi connectivity index (χ1v) is 9.65. The van der Waals surface area contributed by atoms with E-state index in [1.165, 1.54) is 5.56 Å². The predicted molar refractivity (Wildman–Crippen MR) is 101 cm³/mol. The Morgan fingerprint density at radius 1 is 1.40 bits per heavy atom. The SMILES string of the molecule is Cc1cnn(C2CCN(C(=O)NCC3(c4ccccc4Br)CC3)C2)c1. The number of rotatable bonds is 4. The van der Waals surface area contributed by atoms with Crippen LogP contribution in [0.5, 0.6) is 0 Å². The zero-order valence-electron chi connectivity index (χ0n) is 14.4. The Hall–Kier alpha value is -1.82. The van der Waals surface area contributed by atoms with Crippen molar-refractivity contribution in [2.75, 3.05) is 19.6 Å². The molecular formula is C19H23BrN4O. The third kappa shape index (κ3) is 3.32. The fourth-order valence-corrected chi connectivity index (χ4v) is 4.42. The maximum Gasteiger partial charge on any atom is 0.317 e. The van der Waals surface area contributed by atoms with Crippen LogP contribution in [0, 0.1) is 6.92 Å². The van der Waals surface area contributed by atoms with E-state index in [2.05, 4.69) is 50.7 Å². The molecule has 1 unspecified atom stereocenters. The lowest BCUT2D eigenvalue weighted by Crippen LogP contribution is -2.42. The Kier molecular flexibility index (Phi) is 4.31. The smallest absolute Gasteiger partial charge is 0.317 e. The van der Waals surface area contributed by atoms with Crippen LogP contribution in [0.2, 0.25) is 0 Å². The van der Waals surface area contributed by atoms with Crippen LogP contribution >= 0.6 is 15.9 Å². The molecule has 25 heavy (non-hydrogen) atoms. The van der Waals surface area contributed by atoms with Crippen LogP contribution in [0.4, 0.5) is 4.79 Å². The summed E-state index contributed by atoms with van der Waals surface area (Å²) in [4.78, 5) is 14.5. The number of carbonyl (C=O) groups excluding carboxylic acids is 1. The second-order valence-corrected chi connectivity index (χ2v) is 8.16. The van der Waals surface area contributed by atoms with Gasteiger partial charge in [0.25, 0.3) is 0 Å². The van der Waals surface area contributed by atoms with Crippen molar-refractivity contribution in [3.8, 4) is 0 Å². The van der Waals surface area contributed by atoms with Crippen molar-refractivity contribution in [1.82, 2.24) is 20.0 Å². The highest BCUT2D eigenvalue weighted by atomic mass is 79.9. The molecule has 0 bridgehead atoms. The predicted octanol–water partition coefficient (Wildman–Crippen LogP) is 3.64. The van der Waals surface area contributed by atoms with Gasteiger partial charge in [-0.15, -0.1) is 0 Å². The van der Waals surface area contributed by atoms with Crippen LogP contribution in [0.3, 0.4) is 0 Å². The maximum absolute atomic E-state index is 12.6. The van der Waals surface area contributed by atoms with E-state index in [9.17, 15) is 4.79 Å². The van der Waals surface area contributed by atoms with Gasteiger partial charge in [0.05, 0.1) is 12.2 Å². The minimum absolute atomic E-state index is 0.0460. The fourth-order valence-electron chi connectivity index (χ4n) is 3.72. The lowest BCUT2D eigenvalue weighted by Gasteiger charge is -2.22. The molecule has 1 saturated heterocycles. The molecule has 132 valence electrons. The number of carbonyl (C=O) groups is 1. The van der Waals surface area contributed by atoms with Gasteiger partial charge < -0.3 is 10.2 Å². The first-order chi connectivity index (χ1) is 12.1. The number of nitrogens with zero attached hydrogens (tertiary/aromatic N) is 3. The van der Waals surface area contributed by atoms with Crippen LogP contribution < -0.4 is 5.32 Å². The molecule has 2 aromatic rings. The van der Waals surface area contributed by atoms with E-state index in [0.717, 1.165) is 42.4 Å². The first kappa shape index (κ1) is 16.6. The molecule has 6 heteroatoms. The molecule has 1 N–H and O–H groups in total. The Morgan fingerprint density at radius 3 is 2.88 bits per heavy atom. The summed E-state index contributed by atoms with van der Waals surface area (Å²) in [7, 11) is 0. The molecule has 1 saturated carbocycles. The second-order valence-electron chi connectivity index (χ2n) is 7.31. The van der Waals surface area contributed by atoms with Gasteiger partial charge in [0, 0.05) is 35.7 Å². The molecule has 4 rings (SSSR count). The molecule has 2 fully saturated rings. The number of nitrogens with one attached hydrogen (secondary N) is 1. The lowest BCUT2D eigenvalue weighted by molar-refractivity contribution is 0.205. The van der Waals surface area contributed by atoms with Crippen LogP contribution in [0.15, 0.2) is 41.1 Å². The highest BCUT2D eigenvalue weighted by Crippen LogP contribution is 2.49. The summed E-state index contributed by atoms with van der Waals surface area (Å²) in [6, 6.07) is 8.68. The lowest BCUT2D eigenvalue weighted by atomic mass is 9.96. The summed E-state index contributed by atoms with van der Waals surface area (Å²) in [6.45, 7) is 4.27. The van der Waals surface area contributed by atoms with Crippen molar-refractivity contribution in [2.24, 2.45) is 0 Å². The monoisotopic (exact) mass is 402 g/mol. The summed E-state index contributed by atoms with van der Waals surface area (Å²) in [5, 5.41) is 7.56. The number of halogens is 1. The van der Waals surface area contributed by atoms with E-state index in [1.54, 1.807) is 0 Å². The van der Waals surface area contributed by atoms with Gasteiger partial charge in [0.15, 0.2) is 0 Å². The Bertz CT molecular complexity index is 783. The average molecular weight is 403 g/mol. The first-order valence-electron chi connectivity index (χ1n) is 8.86. The topological polar surface area (TPSA) is 50.2 Å². The Labute approximate surface area is 156 Å². The van der Waals surface area contributed by atoms with E-state index in [-0.39, 0.29) is 17.5 Å². The number of aryl methyl sites for hydroxylation is 1. The number of urea groups is 1. The summed E-state index contributed by atoms with van der Waals surface area (Å²) < 4.78 is 3.13. The summed E-state index contributed by atoms with van der Waals surface area (Å²) >= 11 is 3.65. The summed E-state index contributed by atoms with van der Waals surface area (Å²) in [5.41, 5.74) is 2.57. The molecule has 0 spiro atoms. The van der Waals surface area contributed by atoms with E-state index in [0.29, 0.717) is 6.54 Å². The van der Waals surface area contributed by atoms with Gasteiger partial charge in [-0.05, 0) is 43.4 Å². The number of benzene rings is 1. The minimum Gasteiger partial charge on any atom is -0.337 e. The van der Waals surface area contributed by atoms with Gasteiger partial charge in [-0.2, -0.15) is 5.10 Å². The number of amides is 2. The largest absolute Gasteiger partial charge is 0.337 e. The number of aromatic nitrogens is 2. The van der Waals surface area contributed by atoms with Crippen molar-refractivity contribution in [3.05, 3.63) is 52.3 Å². The standard InChI is InChI=1S/C19H23BrN4O/c1-14-10-22-24(11-14)15-6-9-23(12-15)18(25)21-13-19(7-8-19)16-4-2-3-5-17(16)20/h2-5,10-11,15H,6-9,12-13H2,1H3,(H,21,25). The van der Waals surface area contributed by atoms with Crippen molar-refractivity contribution in [2.45, 2.75) is 37.6 Å². The van der Waals surface area contributed by atoms with Crippen molar-refractivity contribution >= 4 is 22.0 Å². The summed E-state index contributed by atoms with van der Waals surface area (Å²) in [6.07, 6.45) is 7.15. The zero-order chi connectivity index (χ0) is 17.4. The normalized spacial score (nSPS) is 21.4. The van der Waals surface area contributed by atoms with E-state index >= 15 is 0 Å². The quantitative estimate of drug-likeness (QED) is 0.848. The Balaban J connectivity index is 1.35. The number of likely N-dealkylation sites (tertiary alicyclic amines) is 1. The molecule has 1 aromatic carbocycles. The van der Waals surface area contributed by atoms with Crippen LogP contribution in [0.1, 0.15) is 36.4 Å². The van der Waals surface area contributed by atoms with Crippen LogP contribution in [-0.4, -0.2) is 40.3 Å². The Morgan fingerprint density at radius 2 is 2.20 bits per heavy atom. The molecule has 1 aromatic heterocycles. The van der Waals surface area contributed by atoms with Crippen molar-refractivity contribution in [1.29, 1.82) is 0 Å². The van der Waals surface area contributed by atoms with Crippen LogP contribution in [0.25, 0.3) is 0 Å². The van der Waals surface area contributed by atoms with Crippen LogP contribution in [-0.2, 0) is 5.41 Å². The second kappa shape index (κ2) is 6.48. The molecule has 2 aliphatic rings. The van der Waals surface area contributed by atoms with E-state index in [1.807, 2.05) is 28.8 Å².